The average molecular weight is 175 g/mol. The van der Waals surface area contributed by atoms with Crippen molar-refractivity contribution in [1.29, 1.82) is 0 Å². The molecule has 0 spiro atoms. The molecule has 12 heavy (non-hydrogen) atoms. The number of aliphatic carboxylic acids is 1. The smallest absolute Gasteiger partial charge is 0.334 e. The first kappa shape index (κ1) is 10.6. The second-order valence-corrected chi connectivity index (χ2v) is 2.11. The van der Waals surface area contributed by atoms with Crippen LogP contribution >= 0.6 is 0 Å². The zero-order chi connectivity index (χ0) is 9.56. The monoisotopic (exact) mass is 175 g/mol. The van der Waals surface area contributed by atoms with E-state index < -0.39 is 17.9 Å². The number of carboxylic acids is 1. The Hall–Kier alpha value is -1.43. The molecule has 68 valence electrons. The van der Waals surface area contributed by atoms with Crippen LogP contribution in [0.15, 0.2) is 0 Å². The van der Waals surface area contributed by atoms with Gasteiger partial charge in [-0.05, 0) is 6.42 Å². The molecule has 0 rings (SSSR count). The maximum Gasteiger partial charge on any atom is 0.334 e. The van der Waals surface area contributed by atoms with E-state index in [0.29, 0.717) is 6.29 Å². The van der Waals surface area contributed by atoms with E-state index in [1.165, 1.54) is 0 Å². The predicted molar refractivity (Wildman–Crippen MR) is 36.7 cm³/mol. The maximum atomic E-state index is 10.6. The summed E-state index contributed by atoms with van der Waals surface area (Å²) in [5, 5.41) is 8.21. The summed E-state index contributed by atoms with van der Waals surface area (Å²) in [7, 11) is 0. The van der Waals surface area contributed by atoms with E-state index in [0.717, 1.165) is 0 Å². The highest BCUT2D eigenvalue weighted by atomic mass is 16.7. The third-order valence-electron chi connectivity index (χ3n) is 1.25. The third kappa shape index (κ3) is 3.67. The first-order valence-electron chi connectivity index (χ1n) is 3.19. The molecule has 0 saturated carbocycles. The summed E-state index contributed by atoms with van der Waals surface area (Å²) in [5.41, 5.74) is 0. The number of aldehydes is 1. The summed E-state index contributed by atoms with van der Waals surface area (Å²) in [4.78, 5) is 34.6. The lowest BCUT2D eigenvalue weighted by Crippen LogP contribution is -2.22. The van der Waals surface area contributed by atoms with Crippen molar-refractivity contribution in [2.24, 2.45) is 11.8 Å². The number of carbonyl (C=O) groups is 3. The first-order valence-corrected chi connectivity index (χ1v) is 3.19. The van der Waals surface area contributed by atoms with Gasteiger partial charge < -0.3 is 14.7 Å². The summed E-state index contributed by atoms with van der Waals surface area (Å²) >= 11 is 0. The van der Waals surface area contributed by atoms with Gasteiger partial charge in [-0.1, -0.05) is 0 Å². The molecule has 0 aromatic carbocycles. The lowest BCUT2D eigenvalue weighted by molar-refractivity contribution is -0.150. The molecule has 0 amide bonds. The molecule has 0 bridgehead atoms. The Morgan fingerprint density at radius 1 is 1.58 bits per heavy atom. The van der Waals surface area contributed by atoms with Crippen LogP contribution in [0.3, 0.4) is 0 Å². The lowest BCUT2D eigenvalue weighted by Gasteiger charge is -2.03. The minimum Gasteiger partial charge on any atom is -0.481 e. The molecule has 0 aromatic rings. The zero-order valence-corrected chi connectivity index (χ0v) is 6.23. The van der Waals surface area contributed by atoms with E-state index in [4.69, 9.17) is 5.11 Å². The second-order valence-electron chi connectivity index (χ2n) is 2.11. The van der Waals surface area contributed by atoms with Gasteiger partial charge >= 0.3 is 11.9 Å². The fourth-order valence-corrected chi connectivity index (χ4v) is 0.608. The molecule has 3 N–H and O–H groups in total. The SMILES string of the molecule is NOC(=O)C(C=O)CCC(=O)O. The van der Waals surface area contributed by atoms with Crippen molar-refractivity contribution in [3.63, 3.8) is 0 Å². The van der Waals surface area contributed by atoms with Gasteiger partial charge in [-0.15, -0.1) is 0 Å². The van der Waals surface area contributed by atoms with E-state index in [2.05, 4.69) is 10.7 Å². The van der Waals surface area contributed by atoms with E-state index in [9.17, 15) is 14.4 Å². The van der Waals surface area contributed by atoms with Crippen LogP contribution in [0.5, 0.6) is 0 Å². The molecule has 0 aliphatic carbocycles. The van der Waals surface area contributed by atoms with Crippen LogP contribution in [0.25, 0.3) is 0 Å². The van der Waals surface area contributed by atoms with Gasteiger partial charge in [0, 0.05) is 6.42 Å². The fourth-order valence-electron chi connectivity index (χ4n) is 0.608. The van der Waals surface area contributed by atoms with Crippen LogP contribution in [-0.4, -0.2) is 23.3 Å². The van der Waals surface area contributed by atoms with Crippen molar-refractivity contribution in [3.05, 3.63) is 0 Å². The Labute approximate surface area is 68.3 Å². The zero-order valence-electron chi connectivity index (χ0n) is 6.23. The quantitative estimate of drug-likeness (QED) is 0.318. The highest BCUT2D eigenvalue weighted by Gasteiger charge is 2.19. The predicted octanol–water partition coefficient (Wildman–Crippen LogP) is -0.917. The molecule has 0 aliphatic rings. The van der Waals surface area contributed by atoms with E-state index >= 15 is 0 Å². The standard InChI is InChI=1S/C6H9NO5/c7-12-6(11)4(3-8)1-2-5(9)10/h3-4H,1-2,7H2,(H,9,10). The summed E-state index contributed by atoms with van der Waals surface area (Å²) in [6.45, 7) is 0. The van der Waals surface area contributed by atoms with Crippen LogP contribution in [0.2, 0.25) is 0 Å². The van der Waals surface area contributed by atoms with E-state index in [1.54, 1.807) is 0 Å². The van der Waals surface area contributed by atoms with Crippen molar-refractivity contribution in [2.75, 3.05) is 0 Å². The van der Waals surface area contributed by atoms with Crippen molar-refractivity contribution >= 4 is 18.2 Å². The molecule has 0 fully saturated rings. The summed E-state index contributed by atoms with van der Waals surface area (Å²) in [6.07, 6.45) is -0.0362. The van der Waals surface area contributed by atoms with Gasteiger partial charge in [0.25, 0.3) is 0 Å². The second kappa shape index (κ2) is 5.25. The van der Waals surface area contributed by atoms with Gasteiger partial charge in [0.1, 0.15) is 12.2 Å². The Morgan fingerprint density at radius 2 is 2.17 bits per heavy atom. The summed E-state index contributed by atoms with van der Waals surface area (Å²) in [6, 6.07) is 0. The number of carboxylic acid groups (broad SMARTS) is 1. The van der Waals surface area contributed by atoms with Gasteiger partial charge in [-0.3, -0.25) is 4.79 Å². The number of rotatable bonds is 5. The number of hydrogen-bond donors (Lipinski definition) is 2. The first-order chi connectivity index (χ1) is 5.61. The average Bonchev–Trinajstić information content (AvgIpc) is 2.04. The largest absolute Gasteiger partial charge is 0.481 e. The minimum atomic E-state index is -1.08. The fraction of sp³-hybridized carbons (Fsp3) is 0.500. The molecule has 0 radical (unpaired) electrons. The van der Waals surface area contributed by atoms with Crippen molar-refractivity contribution in [1.82, 2.24) is 0 Å². The topological polar surface area (TPSA) is 107 Å². The normalized spacial score (nSPS) is 11.8. The third-order valence-corrected chi connectivity index (χ3v) is 1.25. The van der Waals surface area contributed by atoms with Crippen LogP contribution in [-0.2, 0) is 19.2 Å². The van der Waals surface area contributed by atoms with E-state index in [1.807, 2.05) is 0 Å². The number of hydrogen-bond acceptors (Lipinski definition) is 5. The highest BCUT2D eigenvalue weighted by molar-refractivity contribution is 5.87. The Kier molecular flexibility index (Phi) is 4.62. The van der Waals surface area contributed by atoms with Gasteiger partial charge in [0.05, 0.1) is 0 Å². The summed E-state index contributed by atoms with van der Waals surface area (Å²) < 4.78 is 0. The molecule has 1 unspecified atom stereocenters. The molecular formula is C6H9NO5. The molecule has 0 aromatic heterocycles. The van der Waals surface area contributed by atoms with Gasteiger partial charge in [-0.2, -0.15) is 5.90 Å². The van der Waals surface area contributed by atoms with Crippen molar-refractivity contribution in [2.45, 2.75) is 12.8 Å². The maximum absolute atomic E-state index is 10.6. The molecule has 6 nitrogen and oxygen atoms in total. The Bertz CT molecular complexity index is 190. The molecule has 1 atom stereocenters. The van der Waals surface area contributed by atoms with Crippen LogP contribution < -0.4 is 5.90 Å². The number of carbonyl (C=O) groups excluding carboxylic acids is 2. The van der Waals surface area contributed by atoms with Gasteiger partial charge in [0.2, 0.25) is 0 Å². The van der Waals surface area contributed by atoms with Crippen LogP contribution in [0.1, 0.15) is 12.8 Å². The van der Waals surface area contributed by atoms with E-state index in [-0.39, 0.29) is 12.8 Å². The van der Waals surface area contributed by atoms with Crippen LogP contribution in [0, 0.1) is 5.92 Å². The molecule has 0 saturated heterocycles. The van der Waals surface area contributed by atoms with Crippen molar-refractivity contribution < 1.29 is 24.3 Å². The minimum absolute atomic E-state index is 0.0884. The Balaban J connectivity index is 3.91. The molecular weight excluding hydrogens is 166 g/mol. The molecule has 0 heterocycles. The highest BCUT2D eigenvalue weighted by Crippen LogP contribution is 2.04. The van der Waals surface area contributed by atoms with Gasteiger partial charge in [0.15, 0.2) is 0 Å². The van der Waals surface area contributed by atoms with Crippen LogP contribution in [0.4, 0.5) is 0 Å². The van der Waals surface area contributed by atoms with Crippen molar-refractivity contribution in [3.8, 4) is 0 Å². The Morgan fingerprint density at radius 3 is 2.50 bits per heavy atom. The number of nitrogens with two attached hydrogens (primary N) is 1. The molecule has 6 heteroatoms. The molecule has 0 aliphatic heterocycles. The lowest BCUT2D eigenvalue weighted by atomic mass is 10.1. The van der Waals surface area contributed by atoms with Gasteiger partial charge in [-0.25, -0.2) is 4.79 Å². The summed E-state index contributed by atoms with van der Waals surface area (Å²) in [5.74, 6) is 1.43.